The van der Waals surface area contributed by atoms with Crippen LogP contribution in [0.15, 0.2) is 36.4 Å². The number of nitrogens with two attached hydrogens (primary N) is 2. The average Bonchev–Trinajstić information content (AvgIpc) is 2.95. The third kappa shape index (κ3) is 10.7. The number of unbranched alkanes of at least 4 members (excludes halogenated alkanes) is 1. The van der Waals surface area contributed by atoms with E-state index in [0.29, 0.717) is 48.8 Å². The topological polar surface area (TPSA) is 153 Å². The number of non-ortho nitro benzene ring substituents is 1. The first-order chi connectivity index (χ1) is 21.1. The second kappa shape index (κ2) is 17.5. The Balaban J connectivity index is 0.000000537. The van der Waals surface area contributed by atoms with Crippen LogP contribution < -0.4 is 21.1 Å². The largest absolute Gasteiger partial charge is 0.495 e. The second-order valence-corrected chi connectivity index (χ2v) is 13.7. The summed E-state index contributed by atoms with van der Waals surface area (Å²) in [6.45, 7) is 17.1. The van der Waals surface area contributed by atoms with Crippen LogP contribution in [-0.4, -0.2) is 54.1 Å². The number of nitriles is 1. The van der Waals surface area contributed by atoms with Gasteiger partial charge < -0.3 is 30.2 Å². The Morgan fingerprint density at radius 1 is 1.09 bits per heavy atom. The van der Waals surface area contributed by atoms with Crippen LogP contribution in [0.2, 0.25) is 5.02 Å². The molecular formula is C32H48ClN6O5P. The van der Waals surface area contributed by atoms with Crippen LogP contribution in [0.3, 0.4) is 0 Å². The number of methoxy groups -OCH3 is 1. The molecular weight excluding hydrogens is 615 g/mol. The van der Waals surface area contributed by atoms with Crippen LogP contribution in [0.25, 0.3) is 5.57 Å². The summed E-state index contributed by atoms with van der Waals surface area (Å²) in [5, 5.41) is 19.3. The molecule has 0 amide bonds. The number of nitro groups is 1. The summed E-state index contributed by atoms with van der Waals surface area (Å²) >= 11 is 5.53. The molecule has 1 aliphatic heterocycles. The van der Waals surface area contributed by atoms with E-state index in [-0.39, 0.29) is 16.2 Å². The van der Waals surface area contributed by atoms with E-state index in [1.165, 1.54) is 23.8 Å². The van der Waals surface area contributed by atoms with Crippen LogP contribution in [0, 0.1) is 21.4 Å². The molecule has 1 atom stereocenters. The van der Waals surface area contributed by atoms with Crippen molar-refractivity contribution >= 4 is 48.4 Å². The SMILES string of the molecule is COc1cc2c(cc1N)C(C)=CC(C)(C)N2CCCCOP(OCCC#N)N(C(C)C)C(C)C.Nc1ccc([N+](=O)[O-])cc1Cl. The summed E-state index contributed by atoms with van der Waals surface area (Å²) in [7, 11) is 0.463. The van der Waals surface area contributed by atoms with Gasteiger partial charge in [-0.25, -0.2) is 4.67 Å². The van der Waals surface area contributed by atoms with Crippen LogP contribution in [0.1, 0.15) is 73.3 Å². The maximum Gasteiger partial charge on any atom is 0.271 e. The minimum Gasteiger partial charge on any atom is -0.495 e. The summed E-state index contributed by atoms with van der Waals surface area (Å²) in [4.78, 5) is 12.1. The maximum atomic E-state index is 10.2. The lowest BCUT2D eigenvalue weighted by molar-refractivity contribution is -0.384. The minimum atomic E-state index is -1.19. The molecule has 2 aromatic carbocycles. The number of fused-ring (bicyclic) bond motifs is 1. The van der Waals surface area contributed by atoms with Gasteiger partial charge in [0.2, 0.25) is 0 Å². The monoisotopic (exact) mass is 662 g/mol. The standard InChI is InChI=1S/C26H43N4O3P.C6H5ClN2O2/c1-19(2)30(20(3)4)34(33-15-11-12-27)32-14-10-9-13-29-24-17-25(31-8)23(28)16-22(24)21(5)18-26(29,6)7;7-5-3-4(9(10)11)1-2-6(5)8/h16-20H,9-11,13-15,28H2,1-8H3;1-3H,8H2. The van der Waals surface area contributed by atoms with E-state index in [2.05, 4.69) is 76.2 Å². The molecule has 2 aromatic rings. The van der Waals surface area contributed by atoms with E-state index in [0.717, 1.165) is 30.6 Å². The van der Waals surface area contributed by atoms with Gasteiger partial charge in [0, 0.05) is 48.1 Å². The molecule has 13 heteroatoms. The number of hydrogen-bond acceptors (Lipinski definition) is 10. The Morgan fingerprint density at radius 2 is 1.73 bits per heavy atom. The number of rotatable bonds is 14. The van der Waals surface area contributed by atoms with Gasteiger partial charge in [0.1, 0.15) is 5.75 Å². The number of anilines is 3. The molecule has 1 heterocycles. The molecule has 0 spiro atoms. The van der Waals surface area contributed by atoms with Crippen molar-refractivity contribution in [3.05, 3.63) is 57.1 Å². The number of nitrogen functional groups attached to an aromatic ring is 2. The molecule has 4 N–H and O–H groups in total. The zero-order valence-corrected chi connectivity index (χ0v) is 29.3. The highest BCUT2D eigenvalue weighted by molar-refractivity contribution is 7.44. The maximum absolute atomic E-state index is 10.2. The molecule has 1 aliphatic rings. The summed E-state index contributed by atoms with van der Waals surface area (Å²) in [5.41, 5.74) is 15.9. The number of nitro benzene ring substituents is 1. The zero-order chi connectivity index (χ0) is 33.9. The van der Waals surface area contributed by atoms with Crippen molar-refractivity contribution in [1.82, 2.24) is 4.67 Å². The molecule has 0 saturated heterocycles. The number of allylic oxidation sites excluding steroid dienone is 1. The Hall–Kier alpha value is -3.13. The van der Waals surface area contributed by atoms with Crippen LogP contribution in [0.4, 0.5) is 22.7 Å². The van der Waals surface area contributed by atoms with Crippen molar-refractivity contribution in [2.75, 3.05) is 43.2 Å². The fourth-order valence-electron chi connectivity index (χ4n) is 5.16. The highest BCUT2D eigenvalue weighted by Crippen LogP contribution is 2.46. The van der Waals surface area contributed by atoms with Crippen molar-refractivity contribution in [2.45, 2.75) is 85.4 Å². The smallest absolute Gasteiger partial charge is 0.271 e. The van der Waals surface area contributed by atoms with Crippen LogP contribution >= 0.6 is 20.1 Å². The Kier molecular flexibility index (Phi) is 14.8. The van der Waals surface area contributed by atoms with E-state index in [1.54, 1.807) is 7.11 Å². The summed E-state index contributed by atoms with van der Waals surface area (Å²) < 4.78 is 20.0. The van der Waals surface area contributed by atoms with Crippen molar-refractivity contribution in [3.8, 4) is 11.8 Å². The lowest BCUT2D eigenvalue weighted by atomic mass is 9.88. The fourth-order valence-corrected chi connectivity index (χ4v) is 6.97. The first kappa shape index (κ1) is 38.1. The van der Waals surface area contributed by atoms with E-state index in [9.17, 15) is 10.1 Å². The average molecular weight is 663 g/mol. The minimum absolute atomic E-state index is 0.0517. The van der Waals surface area contributed by atoms with Gasteiger partial charge in [-0.1, -0.05) is 17.7 Å². The molecule has 0 bridgehead atoms. The third-order valence-electron chi connectivity index (χ3n) is 7.16. The van der Waals surface area contributed by atoms with Gasteiger partial charge in [-0.05, 0) is 79.0 Å². The van der Waals surface area contributed by atoms with Crippen LogP contribution in [-0.2, 0) is 9.05 Å². The number of hydrogen-bond donors (Lipinski definition) is 2. The fraction of sp³-hybridized carbons (Fsp3) is 0.531. The Morgan fingerprint density at radius 3 is 2.29 bits per heavy atom. The number of ether oxygens (including phenoxy) is 1. The van der Waals surface area contributed by atoms with Gasteiger partial charge in [0.15, 0.2) is 0 Å². The van der Waals surface area contributed by atoms with Crippen molar-refractivity contribution in [1.29, 1.82) is 5.26 Å². The van der Waals surface area contributed by atoms with Crippen LogP contribution in [0.5, 0.6) is 5.75 Å². The first-order valence-electron chi connectivity index (χ1n) is 15.0. The van der Waals surface area contributed by atoms with Gasteiger partial charge in [0.25, 0.3) is 14.2 Å². The second-order valence-electron chi connectivity index (χ2n) is 11.8. The van der Waals surface area contributed by atoms with Crippen molar-refractivity contribution in [3.63, 3.8) is 0 Å². The lowest BCUT2D eigenvalue weighted by Crippen LogP contribution is -2.45. The lowest BCUT2D eigenvalue weighted by Gasteiger charge is -2.43. The van der Waals surface area contributed by atoms with E-state index < -0.39 is 13.4 Å². The van der Waals surface area contributed by atoms with Gasteiger partial charge >= 0.3 is 0 Å². The number of benzene rings is 2. The molecule has 0 aliphatic carbocycles. The molecule has 0 radical (unpaired) electrons. The predicted molar refractivity (Wildman–Crippen MR) is 185 cm³/mol. The highest BCUT2D eigenvalue weighted by atomic mass is 35.5. The highest BCUT2D eigenvalue weighted by Gasteiger charge is 2.32. The Bertz CT molecular complexity index is 1360. The summed E-state index contributed by atoms with van der Waals surface area (Å²) in [5.74, 6) is 0.709. The number of nitrogens with zero attached hydrogens (tertiary/aromatic N) is 4. The number of halogens is 1. The zero-order valence-electron chi connectivity index (χ0n) is 27.7. The summed E-state index contributed by atoms with van der Waals surface area (Å²) in [6, 6.07) is 10.8. The van der Waals surface area contributed by atoms with Gasteiger partial charge in [-0.2, -0.15) is 5.26 Å². The molecule has 11 nitrogen and oxygen atoms in total. The molecule has 3 rings (SSSR count). The van der Waals surface area contributed by atoms with E-state index in [4.69, 9.17) is 42.1 Å². The van der Waals surface area contributed by atoms with E-state index >= 15 is 0 Å². The molecule has 45 heavy (non-hydrogen) atoms. The molecule has 0 saturated carbocycles. The quantitative estimate of drug-likeness (QED) is 0.0665. The van der Waals surface area contributed by atoms with Gasteiger partial charge in [-0.3, -0.25) is 10.1 Å². The van der Waals surface area contributed by atoms with Gasteiger partial charge in [-0.15, -0.1) is 0 Å². The van der Waals surface area contributed by atoms with Crippen molar-refractivity contribution in [2.24, 2.45) is 0 Å². The normalized spacial score (nSPS) is 14.4. The van der Waals surface area contributed by atoms with Gasteiger partial charge in [0.05, 0.1) is 59.7 Å². The molecule has 0 aromatic heterocycles. The molecule has 1 unspecified atom stereocenters. The molecule has 248 valence electrons. The van der Waals surface area contributed by atoms with E-state index in [1.807, 2.05) is 6.07 Å². The summed E-state index contributed by atoms with van der Waals surface area (Å²) in [6.07, 6.45) is 4.58. The predicted octanol–water partition coefficient (Wildman–Crippen LogP) is 8.18. The molecule has 0 fully saturated rings. The first-order valence-corrected chi connectivity index (χ1v) is 16.5. The van der Waals surface area contributed by atoms with Crippen molar-refractivity contribution < 1.29 is 18.7 Å². The Labute approximate surface area is 274 Å². The third-order valence-corrected chi connectivity index (χ3v) is 9.60.